The lowest BCUT2D eigenvalue weighted by Crippen LogP contribution is -2.03. The highest BCUT2D eigenvalue weighted by Crippen LogP contribution is 2.14. The Labute approximate surface area is 117 Å². The van der Waals surface area contributed by atoms with Gasteiger partial charge in [0, 0.05) is 5.56 Å². The summed E-state index contributed by atoms with van der Waals surface area (Å²) >= 11 is 0. The van der Waals surface area contributed by atoms with E-state index < -0.39 is 0 Å². The van der Waals surface area contributed by atoms with Crippen LogP contribution in [0.1, 0.15) is 5.82 Å². The fraction of sp³-hybridized carbons (Fsp3) is 0.0625. The first-order chi connectivity index (χ1) is 9.92. The monoisotopic (exact) mass is 263 g/mol. The van der Waals surface area contributed by atoms with Crippen LogP contribution in [-0.4, -0.2) is 15.2 Å². The van der Waals surface area contributed by atoms with Crippen LogP contribution < -0.4 is 4.74 Å². The number of rotatable bonds is 4. The molecule has 3 rings (SSSR count). The van der Waals surface area contributed by atoms with E-state index in [2.05, 4.69) is 15.2 Å². The van der Waals surface area contributed by atoms with Crippen molar-refractivity contribution in [3.05, 3.63) is 72.7 Å². The molecule has 0 saturated carbocycles. The van der Waals surface area contributed by atoms with Crippen LogP contribution in [0.25, 0.3) is 11.3 Å². The number of benzene rings is 2. The average molecular weight is 263 g/mol. The van der Waals surface area contributed by atoms with E-state index in [1.54, 1.807) is 6.20 Å². The molecular weight excluding hydrogens is 250 g/mol. The molecule has 0 radical (unpaired) electrons. The molecule has 98 valence electrons. The second-order valence-corrected chi connectivity index (χ2v) is 4.23. The molecule has 0 aliphatic rings. The molecule has 0 unspecified atom stereocenters. The van der Waals surface area contributed by atoms with Crippen molar-refractivity contribution in [1.82, 2.24) is 15.2 Å². The van der Waals surface area contributed by atoms with Crippen LogP contribution in [-0.2, 0) is 6.61 Å². The summed E-state index contributed by atoms with van der Waals surface area (Å²) in [6, 6.07) is 19.4. The highest BCUT2D eigenvalue weighted by Gasteiger charge is 2.02. The summed E-state index contributed by atoms with van der Waals surface area (Å²) in [7, 11) is 0. The third kappa shape index (κ3) is 2.98. The zero-order valence-electron chi connectivity index (χ0n) is 10.8. The Bertz CT molecular complexity index is 654. The lowest BCUT2D eigenvalue weighted by Gasteiger charge is -2.04. The van der Waals surface area contributed by atoms with E-state index in [-0.39, 0.29) is 0 Å². The highest BCUT2D eigenvalue weighted by molar-refractivity contribution is 5.56. The summed E-state index contributed by atoms with van der Waals surface area (Å²) < 4.78 is 5.57. The minimum Gasteiger partial charge on any atom is -0.486 e. The van der Waals surface area contributed by atoms with E-state index in [1.165, 1.54) is 0 Å². The molecule has 0 atom stereocenters. The molecule has 0 aliphatic carbocycles. The SMILES string of the molecule is c1ccc(OCc2ncc(-c3ccccc3)nn2)cc1. The maximum Gasteiger partial charge on any atom is 0.188 e. The second kappa shape index (κ2) is 5.93. The van der Waals surface area contributed by atoms with Crippen molar-refractivity contribution in [3.8, 4) is 17.0 Å². The Morgan fingerprint density at radius 1 is 0.800 bits per heavy atom. The molecule has 3 aromatic rings. The standard InChI is InChI=1S/C16H13N3O/c1-3-7-13(8-4-1)15-11-17-16(19-18-15)12-20-14-9-5-2-6-10-14/h1-11H,12H2. The van der Waals surface area contributed by atoms with Crippen LogP contribution in [0.4, 0.5) is 0 Å². The fourth-order valence-corrected chi connectivity index (χ4v) is 1.77. The van der Waals surface area contributed by atoms with E-state index in [1.807, 2.05) is 60.7 Å². The zero-order valence-corrected chi connectivity index (χ0v) is 10.8. The van der Waals surface area contributed by atoms with Crippen molar-refractivity contribution in [1.29, 1.82) is 0 Å². The summed E-state index contributed by atoms with van der Waals surface area (Å²) in [5.41, 5.74) is 1.76. The summed E-state index contributed by atoms with van der Waals surface area (Å²) in [5, 5.41) is 8.25. The minimum atomic E-state index is 0.312. The van der Waals surface area contributed by atoms with E-state index in [0.717, 1.165) is 17.0 Å². The predicted octanol–water partition coefficient (Wildman–Crippen LogP) is 3.12. The van der Waals surface area contributed by atoms with E-state index in [9.17, 15) is 0 Å². The number of hydrogen-bond acceptors (Lipinski definition) is 4. The summed E-state index contributed by atoms with van der Waals surface area (Å²) in [6.07, 6.45) is 1.71. The number of para-hydroxylation sites is 1. The molecule has 0 amide bonds. The average Bonchev–Trinajstić information content (AvgIpc) is 2.55. The minimum absolute atomic E-state index is 0.312. The normalized spacial score (nSPS) is 10.2. The molecule has 0 bridgehead atoms. The quantitative estimate of drug-likeness (QED) is 0.725. The second-order valence-electron chi connectivity index (χ2n) is 4.23. The third-order valence-corrected chi connectivity index (χ3v) is 2.79. The van der Waals surface area contributed by atoms with Gasteiger partial charge in [0.05, 0.1) is 6.20 Å². The maximum atomic E-state index is 5.57. The van der Waals surface area contributed by atoms with E-state index in [4.69, 9.17) is 4.74 Å². The first kappa shape index (κ1) is 12.3. The van der Waals surface area contributed by atoms with Gasteiger partial charge >= 0.3 is 0 Å². The van der Waals surface area contributed by atoms with Gasteiger partial charge in [-0.25, -0.2) is 4.98 Å². The highest BCUT2D eigenvalue weighted by atomic mass is 16.5. The van der Waals surface area contributed by atoms with Gasteiger partial charge in [-0.05, 0) is 12.1 Å². The van der Waals surface area contributed by atoms with E-state index in [0.29, 0.717) is 12.4 Å². The molecular formula is C16H13N3O. The Kier molecular flexibility index (Phi) is 3.64. The molecule has 0 saturated heterocycles. The number of ether oxygens (including phenoxy) is 1. The molecule has 1 aromatic heterocycles. The van der Waals surface area contributed by atoms with Crippen molar-refractivity contribution in [3.63, 3.8) is 0 Å². The third-order valence-electron chi connectivity index (χ3n) is 2.79. The summed E-state index contributed by atoms with van der Waals surface area (Å²) in [5.74, 6) is 1.36. The Morgan fingerprint density at radius 2 is 1.50 bits per heavy atom. The van der Waals surface area contributed by atoms with E-state index >= 15 is 0 Å². The van der Waals surface area contributed by atoms with Crippen LogP contribution in [0.2, 0.25) is 0 Å². The molecule has 0 spiro atoms. The van der Waals surface area contributed by atoms with Crippen LogP contribution in [0.15, 0.2) is 66.9 Å². The topological polar surface area (TPSA) is 47.9 Å². The number of hydrogen-bond donors (Lipinski definition) is 0. The van der Waals surface area contributed by atoms with Crippen molar-refractivity contribution in [2.45, 2.75) is 6.61 Å². The van der Waals surface area contributed by atoms with Gasteiger partial charge < -0.3 is 4.74 Å². The van der Waals surface area contributed by atoms with Gasteiger partial charge in [-0.2, -0.15) is 0 Å². The van der Waals surface area contributed by atoms with Gasteiger partial charge in [0.25, 0.3) is 0 Å². The smallest absolute Gasteiger partial charge is 0.188 e. The van der Waals surface area contributed by atoms with Crippen LogP contribution in [0.5, 0.6) is 5.75 Å². The zero-order chi connectivity index (χ0) is 13.6. The number of aromatic nitrogens is 3. The van der Waals surface area contributed by atoms with Crippen molar-refractivity contribution in [2.24, 2.45) is 0 Å². The van der Waals surface area contributed by atoms with Crippen LogP contribution >= 0.6 is 0 Å². The van der Waals surface area contributed by atoms with Crippen molar-refractivity contribution < 1.29 is 4.74 Å². The molecule has 1 heterocycles. The van der Waals surface area contributed by atoms with Gasteiger partial charge in [-0.1, -0.05) is 48.5 Å². The fourth-order valence-electron chi connectivity index (χ4n) is 1.77. The molecule has 0 N–H and O–H groups in total. The first-order valence-corrected chi connectivity index (χ1v) is 6.34. The van der Waals surface area contributed by atoms with Gasteiger partial charge in [-0.15, -0.1) is 10.2 Å². The largest absolute Gasteiger partial charge is 0.486 e. The molecule has 4 heteroatoms. The van der Waals surface area contributed by atoms with Crippen LogP contribution in [0.3, 0.4) is 0 Å². The van der Waals surface area contributed by atoms with Crippen molar-refractivity contribution in [2.75, 3.05) is 0 Å². The predicted molar refractivity (Wildman–Crippen MR) is 76.0 cm³/mol. The molecule has 4 nitrogen and oxygen atoms in total. The van der Waals surface area contributed by atoms with Crippen LogP contribution in [0, 0.1) is 0 Å². The van der Waals surface area contributed by atoms with Gasteiger partial charge in [0.15, 0.2) is 5.82 Å². The lowest BCUT2D eigenvalue weighted by molar-refractivity contribution is 0.294. The van der Waals surface area contributed by atoms with Gasteiger partial charge in [0.1, 0.15) is 18.1 Å². The Balaban J connectivity index is 1.68. The van der Waals surface area contributed by atoms with Gasteiger partial charge in [0.2, 0.25) is 0 Å². The lowest BCUT2D eigenvalue weighted by atomic mass is 10.2. The molecule has 0 aliphatic heterocycles. The van der Waals surface area contributed by atoms with Crippen molar-refractivity contribution >= 4 is 0 Å². The molecule has 2 aromatic carbocycles. The summed E-state index contributed by atoms with van der Waals surface area (Å²) in [4.78, 5) is 4.27. The number of nitrogens with zero attached hydrogens (tertiary/aromatic N) is 3. The Hall–Kier alpha value is -2.75. The molecule has 20 heavy (non-hydrogen) atoms. The summed E-state index contributed by atoms with van der Waals surface area (Å²) in [6.45, 7) is 0.312. The first-order valence-electron chi connectivity index (χ1n) is 6.34. The maximum absolute atomic E-state index is 5.57. The molecule has 0 fully saturated rings. The Morgan fingerprint density at radius 3 is 2.15 bits per heavy atom. The van der Waals surface area contributed by atoms with Gasteiger partial charge in [-0.3, -0.25) is 0 Å².